The third-order valence-corrected chi connectivity index (χ3v) is 4.67. The number of hydrogen-bond donors (Lipinski definition) is 9. The Morgan fingerprint density at radius 3 is 2.04 bits per heavy atom. The molecule has 12 heteroatoms. The standard InChI is InChI=1S/C14H27NO11/c15-2-1-14(23)12(22)10(21)11(6(4-17)26-14)25-13-9(20)8(19)7(18)5(3-16)24-13/h5-13,16-23H,1-4,15H2/t5-,6-,7+,8+,9-,10+,11-,12-,13+,14?/m1/s1. The molecule has 10 atom stereocenters. The molecule has 0 saturated carbocycles. The quantitative estimate of drug-likeness (QED) is 0.209. The van der Waals surface area contributed by atoms with Crippen LogP contribution in [0.25, 0.3) is 0 Å². The molecule has 0 radical (unpaired) electrons. The monoisotopic (exact) mass is 385 g/mol. The summed E-state index contributed by atoms with van der Waals surface area (Å²) in [7, 11) is 0. The summed E-state index contributed by atoms with van der Waals surface area (Å²) in [5.74, 6) is -2.21. The Balaban J connectivity index is 2.16. The van der Waals surface area contributed by atoms with E-state index in [4.69, 9.17) is 19.9 Å². The van der Waals surface area contributed by atoms with Gasteiger partial charge in [0.15, 0.2) is 12.1 Å². The summed E-state index contributed by atoms with van der Waals surface area (Å²) < 4.78 is 15.8. The van der Waals surface area contributed by atoms with Gasteiger partial charge in [-0.05, 0) is 6.54 Å². The summed E-state index contributed by atoms with van der Waals surface area (Å²) in [6.45, 7) is -1.48. The predicted molar refractivity (Wildman–Crippen MR) is 81.2 cm³/mol. The molecule has 0 aromatic heterocycles. The van der Waals surface area contributed by atoms with Crippen LogP contribution in [0.1, 0.15) is 6.42 Å². The fraction of sp³-hybridized carbons (Fsp3) is 1.00. The van der Waals surface area contributed by atoms with Gasteiger partial charge in [0, 0.05) is 6.42 Å². The zero-order chi connectivity index (χ0) is 19.6. The summed E-state index contributed by atoms with van der Waals surface area (Å²) in [4.78, 5) is 0. The molecule has 2 fully saturated rings. The maximum absolute atomic E-state index is 10.3. The van der Waals surface area contributed by atoms with Crippen LogP contribution in [0.4, 0.5) is 0 Å². The molecule has 154 valence electrons. The van der Waals surface area contributed by atoms with Crippen LogP contribution < -0.4 is 5.73 Å². The minimum atomic E-state index is -2.21. The van der Waals surface area contributed by atoms with Gasteiger partial charge in [0.2, 0.25) is 0 Å². The van der Waals surface area contributed by atoms with Gasteiger partial charge in [-0.1, -0.05) is 0 Å². The maximum atomic E-state index is 10.3. The second-order valence-corrected chi connectivity index (χ2v) is 6.46. The van der Waals surface area contributed by atoms with Crippen LogP contribution in [0.2, 0.25) is 0 Å². The zero-order valence-corrected chi connectivity index (χ0v) is 13.9. The minimum absolute atomic E-state index is 0.0728. The highest BCUT2D eigenvalue weighted by Crippen LogP contribution is 2.34. The molecule has 26 heavy (non-hydrogen) atoms. The highest BCUT2D eigenvalue weighted by atomic mass is 16.7. The molecular formula is C14H27NO11. The van der Waals surface area contributed by atoms with Gasteiger partial charge in [0.25, 0.3) is 0 Å². The Morgan fingerprint density at radius 1 is 0.885 bits per heavy atom. The van der Waals surface area contributed by atoms with E-state index >= 15 is 0 Å². The molecule has 10 N–H and O–H groups in total. The van der Waals surface area contributed by atoms with E-state index in [0.717, 1.165) is 0 Å². The van der Waals surface area contributed by atoms with E-state index in [9.17, 15) is 40.9 Å². The third-order valence-electron chi connectivity index (χ3n) is 4.67. The Bertz CT molecular complexity index is 453. The topological polar surface area (TPSA) is 216 Å². The van der Waals surface area contributed by atoms with Crippen LogP contribution in [0.5, 0.6) is 0 Å². The molecule has 12 nitrogen and oxygen atoms in total. The molecule has 2 rings (SSSR count). The van der Waals surface area contributed by atoms with Crippen molar-refractivity contribution in [3.05, 3.63) is 0 Å². The van der Waals surface area contributed by atoms with Gasteiger partial charge in [-0.15, -0.1) is 0 Å². The number of aliphatic hydroxyl groups is 8. The Labute approximate surface area is 149 Å². The number of ether oxygens (including phenoxy) is 3. The molecular weight excluding hydrogens is 358 g/mol. The number of nitrogens with two attached hydrogens (primary N) is 1. The lowest BCUT2D eigenvalue weighted by Crippen LogP contribution is -2.68. The number of rotatable bonds is 6. The van der Waals surface area contributed by atoms with E-state index in [-0.39, 0.29) is 13.0 Å². The fourth-order valence-electron chi connectivity index (χ4n) is 3.12. The molecule has 0 bridgehead atoms. The first-order valence-electron chi connectivity index (χ1n) is 8.23. The van der Waals surface area contributed by atoms with E-state index in [1.54, 1.807) is 0 Å². The van der Waals surface area contributed by atoms with Gasteiger partial charge in [-0.3, -0.25) is 0 Å². The van der Waals surface area contributed by atoms with Crippen molar-refractivity contribution in [1.29, 1.82) is 0 Å². The lowest BCUT2D eigenvalue weighted by molar-refractivity contribution is -0.384. The Kier molecular flexibility index (Phi) is 7.29. The van der Waals surface area contributed by atoms with Crippen molar-refractivity contribution in [2.75, 3.05) is 19.8 Å². The first-order valence-corrected chi connectivity index (χ1v) is 8.23. The third kappa shape index (κ3) is 4.01. The normalized spacial score (nSPS) is 50.0. The van der Waals surface area contributed by atoms with Crippen LogP contribution in [0.3, 0.4) is 0 Å². The van der Waals surface area contributed by atoms with Gasteiger partial charge in [0.05, 0.1) is 13.2 Å². The van der Waals surface area contributed by atoms with Crippen molar-refractivity contribution in [2.45, 2.75) is 67.3 Å². The van der Waals surface area contributed by atoms with Crippen molar-refractivity contribution >= 4 is 0 Å². The minimum Gasteiger partial charge on any atom is -0.394 e. The molecule has 0 aliphatic carbocycles. The van der Waals surface area contributed by atoms with Gasteiger partial charge < -0.3 is 60.8 Å². The van der Waals surface area contributed by atoms with Crippen LogP contribution in [-0.2, 0) is 14.2 Å². The van der Waals surface area contributed by atoms with Crippen LogP contribution in [0, 0.1) is 0 Å². The summed E-state index contributed by atoms with van der Waals surface area (Å²) in [5.41, 5.74) is 5.35. The smallest absolute Gasteiger partial charge is 0.196 e. The van der Waals surface area contributed by atoms with Gasteiger partial charge in [-0.25, -0.2) is 0 Å². The van der Waals surface area contributed by atoms with E-state index in [1.807, 2.05) is 0 Å². The highest BCUT2D eigenvalue weighted by molar-refractivity contribution is 4.98. The Morgan fingerprint density at radius 2 is 1.50 bits per heavy atom. The highest BCUT2D eigenvalue weighted by Gasteiger charge is 2.55. The van der Waals surface area contributed by atoms with Gasteiger partial charge in [-0.2, -0.15) is 0 Å². The summed E-state index contributed by atoms with van der Waals surface area (Å²) in [6, 6.07) is 0. The maximum Gasteiger partial charge on any atom is 0.196 e. The first-order chi connectivity index (χ1) is 12.2. The van der Waals surface area contributed by atoms with E-state index in [1.165, 1.54) is 0 Å². The first kappa shape index (κ1) is 21.8. The molecule has 1 unspecified atom stereocenters. The second kappa shape index (κ2) is 8.68. The van der Waals surface area contributed by atoms with Crippen molar-refractivity contribution in [3.63, 3.8) is 0 Å². The molecule has 2 saturated heterocycles. The van der Waals surface area contributed by atoms with E-state index in [0.29, 0.717) is 0 Å². The van der Waals surface area contributed by atoms with Crippen LogP contribution in [-0.4, -0.2) is 122 Å². The number of aliphatic hydroxyl groups excluding tert-OH is 7. The van der Waals surface area contributed by atoms with Gasteiger partial charge >= 0.3 is 0 Å². The molecule has 0 aromatic carbocycles. The molecule has 0 amide bonds. The average Bonchev–Trinajstić information content (AvgIpc) is 2.62. The molecule has 2 heterocycles. The summed E-state index contributed by atoms with van der Waals surface area (Å²) in [6.07, 6.45) is -14.5. The van der Waals surface area contributed by atoms with Crippen molar-refractivity contribution in [2.24, 2.45) is 5.73 Å². The van der Waals surface area contributed by atoms with E-state index < -0.39 is 74.1 Å². The Hall–Kier alpha value is -0.480. The second-order valence-electron chi connectivity index (χ2n) is 6.46. The van der Waals surface area contributed by atoms with Crippen molar-refractivity contribution in [3.8, 4) is 0 Å². The fourth-order valence-corrected chi connectivity index (χ4v) is 3.12. The largest absolute Gasteiger partial charge is 0.394 e. The molecule has 2 aliphatic rings. The van der Waals surface area contributed by atoms with Crippen molar-refractivity contribution < 1.29 is 55.1 Å². The predicted octanol–water partition coefficient (Wildman–Crippen LogP) is -5.68. The lowest BCUT2D eigenvalue weighted by atomic mass is 9.90. The SMILES string of the molecule is NCCC1(O)O[C@H](CO)[C@@H](O[C@@H]2O[C@H](CO)[C@H](O)[C@H](O)[C@H]2O)[C@H](O)[C@H]1O. The number of hydrogen-bond acceptors (Lipinski definition) is 12. The molecule has 0 aromatic rings. The molecule has 0 spiro atoms. The summed E-state index contributed by atoms with van der Waals surface area (Å²) in [5, 5.41) is 78.9. The zero-order valence-electron chi connectivity index (χ0n) is 13.9. The van der Waals surface area contributed by atoms with E-state index in [2.05, 4.69) is 0 Å². The van der Waals surface area contributed by atoms with Crippen LogP contribution in [0.15, 0.2) is 0 Å². The molecule has 2 aliphatic heterocycles. The van der Waals surface area contributed by atoms with Crippen molar-refractivity contribution in [1.82, 2.24) is 0 Å². The summed E-state index contributed by atoms with van der Waals surface area (Å²) >= 11 is 0. The van der Waals surface area contributed by atoms with Crippen LogP contribution >= 0.6 is 0 Å². The lowest BCUT2D eigenvalue weighted by Gasteiger charge is -2.49. The van der Waals surface area contributed by atoms with Gasteiger partial charge in [0.1, 0.15) is 48.8 Å². The average molecular weight is 385 g/mol.